The maximum atomic E-state index is 11.7. The molecule has 0 bridgehead atoms. The summed E-state index contributed by atoms with van der Waals surface area (Å²) < 4.78 is 27.1. The first-order chi connectivity index (χ1) is 13.5. The molecule has 3 heterocycles. The van der Waals surface area contributed by atoms with Crippen LogP contribution in [0.3, 0.4) is 0 Å². The van der Waals surface area contributed by atoms with Gasteiger partial charge in [-0.1, -0.05) is 19.1 Å². The number of nitrogens with zero attached hydrogens (tertiary/aromatic N) is 5. The fraction of sp³-hybridized carbons (Fsp3) is 0.400. The van der Waals surface area contributed by atoms with E-state index in [1.807, 2.05) is 12.1 Å². The van der Waals surface area contributed by atoms with Gasteiger partial charge in [-0.25, -0.2) is 18.4 Å². The number of rotatable bonds is 5. The predicted octanol–water partition coefficient (Wildman–Crippen LogP) is 2.06. The van der Waals surface area contributed by atoms with Gasteiger partial charge in [0.05, 0.1) is 12.8 Å². The Morgan fingerprint density at radius 1 is 1.04 bits per heavy atom. The molecule has 0 unspecified atom stereocenters. The Morgan fingerprint density at radius 3 is 2.39 bits per heavy atom. The third-order valence-corrected chi connectivity index (χ3v) is 6.56. The number of sulfonamides is 1. The van der Waals surface area contributed by atoms with E-state index in [1.54, 1.807) is 6.20 Å². The van der Waals surface area contributed by atoms with Gasteiger partial charge in [0, 0.05) is 38.1 Å². The number of pyridine rings is 1. The molecule has 1 fully saturated rings. The molecule has 1 aliphatic rings. The summed E-state index contributed by atoms with van der Waals surface area (Å²) in [6.45, 7) is 5.22. The zero-order valence-corrected chi connectivity index (χ0v) is 17.1. The predicted molar refractivity (Wildman–Crippen MR) is 110 cm³/mol. The van der Waals surface area contributed by atoms with Crippen LogP contribution in [0.2, 0.25) is 0 Å². The van der Waals surface area contributed by atoms with Crippen LogP contribution in [0.5, 0.6) is 0 Å². The average molecular weight is 400 g/mol. The highest BCUT2D eigenvalue weighted by molar-refractivity contribution is 7.88. The van der Waals surface area contributed by atoms with Crippen LogP contribution in [0.4, 0.5) is 0 Å². The minimum absolute atomic E-state index is 0.516. The molecular formula is C20H25N5O2S. The molecule has 1 aromatic carbocycles. The molecule has 28 heavy (non-hydrogen) atoms. The third kappa shape index (κ3) is 3.80. The van der Waals surface area contributed by atoms with Gasteiger partial charge in [0.1, 0.15) is 11.3 Å². The van der Waals surface area contributed by atoms with E-state index in [1.165, 1.54) is 16.1 Å². The SMILES string of the molecule is CCc1ccc(-n2c(CN3CCN(S(C)(=O)=O)CC3)nc3cccnc32)cc1. The first kappa shape index (κ1) is 19.0. The molecule has 0 N–H and O–H groups in total. The number of benzene rings is 1. The van der Waals surface area contributed by atoms with Crippen molar-refractivity contribution in [1.82, 2.24) is 23.7 Å². The standard InChI is InChI=1S/C20H25N5O2S/c1-3-16-6-8-17(9-7-16)25-19(22-18-5-4-10-21-20(18)25)15-23-11-13-24(14-12-23)28(2,26)27/h4-10H,3,11-15H2,1-2H3. The molecule has 3 aromatic rings. The minimum Gasteiger partial charge on any atom is -0.293 e. The van der Waals surface area contributed by atoms with E-state index < -0.39 is 10.0 Å². The van der Waals surface area contributed by atoms with Crippen molar-refractivity contribution in [3.63, 3.8) is 0 Å². The van der Waals surface area contributed by atoms with E-state index in [4.69, 9.17) is 4.98 Å². The first-order valence-corrected chi connectivity index (χ1v) is 11.4. The van der Waals surface area contributed by atoms with E-state index in [-0.39, 0.29) is 0 Å². The second-order valence-corrected chi connectivity index (χ2v) is 9.15. The molecular weight excluding hydrogens is 374 g/mol. The number of fused-ring (bicyclic) bond motifs is 1. The number of hydrogen-bond donors (Lipinski definition) is 0. The molecule has 4 rings (SSSR count). The van der Waals surface area contributed by atoms with E-state index >= 15 is 0 Å². The quantitative estimate of drug-likeness (QED) is 0.657. The smallest absolute Gasteiger partial charge is 0.211 e. The van der Waals surface area contributed by atoms with Crippen molar-refractivity contribution in [3.8, 4) is 5.69 Å². The highest BCUT2D eigenvalue weighted by Crippen LogP contribution is 2.22. The Bertz CT molecular complexity index is 1070. The van der Waals surface area contributed by atoms with Crippen LogP contribution >= 0.6 is 0 Å². The Morgan fingerprint density at radius 2 is 1.75 bits per heavy atom. The second kappa shape index (κ2) is 7.62. The highest BCUT2D eigenvalue weighted by atomic mass is 32.2. The summed E-state index contributed by atoms with van der Waals surface area (Å²) in [6.07, 6.45) is 4.06. The Balaban J connectivity index is 1.64. The largest absolute Gasteiger partial charge is 0.293 e. The van der Waals surface area contributed by atoms with Crippen LogP contribution in [0, 0.1) is 0 Å². The van der Waals surface area contributed by atoms with Crippen molar-refractivity contribution in [3.05, 3.63) is 54.0 Å². The molecule has 7 nitrogen and oxygen atoms in total. The van der Waals surface area contributed by atoms with Gasteiger partial charge in [-0.15, -0.1) is 0 Å². The molecule has 8 heteroatoms. The molecule has 148 valence electrons. The minimum atomic E-state index is -3.12. The topological polar surface area (TPSA) is 71.3 Å². The summed E-state index contributed by atoms with van der Waals surface area (Å²) in [6, 6.07) is 12.4. The van der Waals surface area contributed by atoms with Gasteiger partial charge in [-0.3, -0.25) is 9.47 Å². The molecule has 0 radical (unpaired) electrons. The van der Waals surface area contributed by atoms with Gasteiger partial charge in [-0.05, 0) is 36.2 Å². The fourth-order valence-electron chi connectivity index (χ4n) is 3.64. The Hall–Kier alpha value is -2.29. The summed E-state index contributed by atoms with van der Waals surface area (Å²) in [5.74, 6) is 0.922. The lowest BCUT2D eigenvalue weighted by atomic mass is 10.1. The molecule has 2 aromatic heterocycles. The normalized spacial score (nSPS) is 16.6. The molecule has 0 atom stereocenters. The summed E-state index contributed by atoms with van der Waals surface area (Å²) in [7, 11) is -3.12. The van der Waals surface area contributed by atoms with Crippen LogP contribution in [0.1, 0.15) is 18.3 Å². The van der Waals surface area contributed by atoms with E-state index in [0.717, 1.165) is 29.1 Å². The van der Waals surface area contributed by atoms with Gasteiger partial charge in [-0.2, -0.15) is 4.31 Å². The molecule has 1 aliphatic heterocycles. The molecule has 1 saturated heterocycles. The third-order valence-electron chi connectivity index (χ3n) is 5.25. The lowest BCUT2D eigenvalue weighted by Gasteiger charge is -2.32. The number of aromatic nitrogens is 3. The maximum Gasteiger partial charge on any atom is 0.211 e. The average Bonchev–Trinajstić information content (AvgIpc) is 3.05. The monoisotopic (exact) mass is 399 g/mol. The van der Waals surface area contributed by atoms with Gasteiger partial charge < -0.3 is 0 Å². The van der Waals surface area contributed by atoms with E-state index in [9.17, 15) is 8.42 Å². The molecule has 0 amide bonds. The van der Waals surface area contributed by atoms with Crippen molar-refractivity contribution in [2.24, 2.45) is 0 Å². The van der Waals surface area contributed by atoms with Gasteiger partial charge >= 0.3 is 0 Å². The van der Waals surface area contributed by atoms with Crippen molar-refractivity contribution in [2.75, 3.05) is 32.4 Å². The molecule has 0 aliphatic carbocycles. The van der Waals surface area contributed by atoms with Crippen molar-refractivity contribution in [2.45, 2.75) is 19.9 Å². The lowest BCUT2D eigenvalue weighted by Crippen LogP contribution is -2.48. The van der Waals surface area contributed by atoms with Crippen LogP contribution in [-0.2, 0) is 23.0 Å². The van der Waals surface area contributed by atoms with E-state index in [2.05, 4.69) is 45.6 Å². The van der Waals surface area contributed by atoms with E-state index in [0.29, 0.717) is 32.7 Å². The number of aryl methyl sites for hydroxylation is 1. The second-order valence-electron chi connectivity index (χ2n) is 7.17. The van der Waals surface area contributed by atoms with Crippen LogP contribution in [0.15, 0.2) is 42.6 Å². The zero-order valence-electron chi connectivity index (χ0n) is 16.2. The van der Waals surface area contributed by atoms with Crippen molar-refractivity contribution < 1.29 is 8.42 Å². The van der Waals surface area contributed by atoms with Crippen LogP contribution in [-0.4, -0.2) is 64.6 Å². The Labute approximate surface area is 165 Å². The number of piperazine rings is 1. The van der Waals surface area contributed by atoms with Crippen LogP contribution in [0.25, 0.3) is 16.9 Å². The number of imidazole rings is 1. The maximum absolute atomic E-state index is 11.7. The van der Waals surface area contributed by atoms with Crippen molar-refractivity contribution >= 4 is 21.2 Å². The summed E-state index contributed by atoms with van der Waals surface area (Å²) in [5, 5.41) is 0. The van der Waals surface area contributed by atoms with Gasteiger partial charge in [0.2, 0.25) is 10.0 Å². The first-order valence-electron chi connectivity index (χ1n) is 9.55. The lowest BCUT2D eigenvalue weighted by molar-refractivity contribution is 0.178. The zero-order chi connectivity index (χ0) is 19.7. The fourth-order valence-corrected chi connectivity index (χ4v) is 4.46. The molecule has 0 spiro atoms. The molecule has 0 saturated carbocycles. The summed E-state index contributed by atoms with van der Waals surface area (Å²) in [5.41, 5.74) is 4.05. The van der Waals surface area contributed by atoms with Crippen LogP contribution < -0.4 is 0 Å². The Kier molecular flexibility index (Phi) is 5.18. The summed E-state index contributed by atoms with van der Waals surface area (Å²) in [4.78, 5) is 11.6. The van der Waals surface area contributed by atoms with Gasteiger partial charge in [0.25, 0.3) is 0 Å². The highest BCUT2D eigenvalue weighted by Gasteiger charge is 2.25. The summed E-state index contributed by atoms with van der Waals surface area (Å²) >= 11 is 0. The van der Waals surface area contributed by atoms with Gasteiger partial charge in [0.15, 0.2) is 5.65 Å². The number of hydrogen-bond acceptors (Lipinski definition) is 5. The van der Waals surface area contributed by atoms with Crippen molar-refractivity contribution in [1.29, 1.82) is 0 Å².